The Morgan fingerprint density at radius 2 is 2.12 bits per heavy atom. The van der Waals surface area contributed by atoms with Gasteiger partial charge in [0.1, 0.15) is 5.76 Å². The van der Waals surface area contributed by atoms with Crippen LogP contribution in [0, 0.1) is 6.92 Å². The fourth-order valence-corrected chi connectivity index (χ4v) is 1.76. The lowest BCUT2D eigenvalue weighted by molar-refractivity contribution is 0.460. The van der Waals surface area contributed by atoms with Gasteiger partial charge in [-0.05, 0) is 25.1 Å². The number of nitrogens with zero attached hydrogens (tertiary/aromatic N) is 1. The van der Waals surface area contributed by atoms with Gasteiger partial charge < -0.3 is 9.73 Å². The standard InChI is InChI=1S/C14H18N2O/c1-11-5-3-4-6-12(11)9-14-16-10-13(17-14)7-8-15-2/h3-6,10,15H,7-9H2,1-2H3. The van der Waals surface area contributed by atoms with E-state index in [-0.39, 0.29) is 0 Å². The monoisotopic (exact) mass is 230 g/mol. The summed E-state index contributed by atoms with van der Waals surface area (Å²) in [6.07, 6.45) is 3.48. The number of rotatable bonds is 5. The van der Waals surface area contributed by atoms with Gasteiger partial charge in [-0.25, -0.2) is 4.98 Å². The fourth-order valence-electron chi connectivity index (χ4n) is 1.76. The van der Waals surface area contributed by atoms with E-state index >= 15 is 0 Å². The zero-order chi connectivity index (χ0) is 12.1. The Balaban J connectivity index is 2.04. The van der Waals surface area contributed by atoms with Crippen LogP contribution in [-0.4, -0.2) is 18.6 Å². The molecule has 1 aromatic carbocycles. The maximum atomic E-state index is 5.69. The SMILES string of the molecule is CNCCc1cnc(Cc2ccccc2C)o1. The summed E-state index contributed by atoms with van der Waals surface area (Å²) in [7, 11) is 1.94. The molecule has 0 atom stereocenters. The first-order chi connectivity index (χ1) is 8.29. The maximum Gasteiger partial charge on any atom is 0.198 e. The summed E-state index contributed by atoms with van der Waals surface area (Å²) in [5.74, 6) is 1.74. The Morgan fingerprint density at radius 3 is 2.88 bits per heavy atom. The quantitative estimate of drug-likeness (QED) is 0.856. The first-order valence-electron chi connectivity index (χ1n) is 5.92. The van der Waals surface area contributed by atoms with Crippen molar-refractivity contribution in [3.05, 3.63) is 53.2 Å². The van der Waals surface area contributed by atoms with Crippen LogP contribution in [0.15, 0.2) is 34.9 Å². The molecule has 90 valence electrons. The first-order valence-corrected chi connectivity index (χ1v) is 5.92. The zero-order valence-corrected chi connectivity index (χ0v) is 10.4. The summed E-state index contributed by atoms with van der Waals surface area (Å²) in [5, 5.41) is 3.10. The van der Waals surface area contributed by atoms with Gasteiger partial charge in [-0.1, -0.05) is 24.3 Å². The van der Waals surface area contributed by atoms with Gasteiger partial charge in [0.15, 0.2) is 5.89 Å². The number of aryl methyl sites for hydroxylation is 1. The van der Waals surface area contributed by atoms with E-state index in [9.17, 15) is 0 Å². The van der Waals surface area contributed by atoms with E-state index in [0.29, 0.717) is 0 Å². The predicted octanol–water partition coefficient (Wildman–Crippen LogP) is 2.34. The molecular weight excluding hydrogens is 212 g/mol. The molecule has 0 aliphatic heterocycles. The van der Waals surface area contributed by atoms with E-state index in [0.717, 1.165) is 31.0 Å². The first kappa shape index (κ1) is 11.9. The Labute approximate surface area is 102 Å². The molecule has 1 heterocycles. The molecule has 2 aromatic rings. The van der Waals surface area contributed by atoms with Crippen LogP contribution in [-0.2, 0) is 12.8 Å². The number of benzene rings is 1. The number of hydrogen-bond acceptors (Lipinski definition) is 3. The van der Waals surface area contributed by atoms with Gasteiger partial charge >= 0.3 is 0 Å². The van der Waals surface area contributed by atoms with Crippen LogP contribution < -0.4 is 5.32 Å². The molecule has 0 amide bonds. The van der Waals surface area contributed by atoms with Crippen molar-refractivity contribution in [2.75, 3.05) is 13.6 Å². The number of nitrogens with one attached hydrogen (secondary N) is 1. The molecule has 0 bridgehead atoms. The lowest BCUT2D eigenvalue weighted by atomic mass is 10.1. The molecule has 0 unspecified atom stereocenters. The Kier molecular flexibility index (Phi) is 3.94. The summed E-state index contributed by atoms with van der Waals surface area (Å²) in [5.41, 5.74) is 2.55. The molecule has 3 heteroatoms. The third-order valence-electron chi connectivity index (χ3n) is 2.83. The normalized spacial score (nSPS) is 10.7. The van der Waals surface area contributed by atoms with Gasteiger partial charge in [-0.2, -0.15) is 0 Å². The lowest BCUT2D eigenvalue weighted by Gasteiger charge is -2.01. The van der Waals surface area contributed by atoms with Crippen LogP contribution >= 0.6 is 0 Å². The van der Waals surface area contributed by atoms with Crippen molar-refractivity contribution in [1.29, 1.82) is 0 Å². The van der Waals surface area contributed by atoms with Crippen LogP contribution in [0.1, 0.15) is 22.8 Å². The van der Waals surface area contributed by atoms with Crippen molar-refractivity contribution < 1.29 is 4.42 Å². The number of aromatic nitrogens is 1. The van der Waals surface area contributed by atoms with Gasteiger partial charge in [0.25, 0.3) is 0 Å². The second-order valence-electron chi connectivity index (χ2n) is 4.18. The third kappa shape index (κ3) is 3.17. The molecule has 0 fully saturated rings. The largest absolute Gasteiger partial charge is 0.445 e. The van der Waals surface area contributed by atoms with Crippen molar-refractivity contribution in [3.63, 3.8) is 0 Å². The van der Waals surface area contributed by atoms with Crippen molar-refractivity contribution in [2.45, 2.75) is 19.8 Å². The van der Waals surface area contributed by atoms with Crippen LogP contribution in [0.2, 0.25) is 0 Å². The minimum atomic E-state index is 0.770. The van der Waals surface area contributed by atoms with Crippen LogP contribution in [0.5, 0.6) is 0 Å². The molecule has 1 aromatic heterocycles. The third-order valence-corrected chi connectivity index (χ3v) is 2.83. The minimum absolute atomic E-state index is 0.770. The van der Waals surface area contributed by atoms with Crippen LogP contribution in [0.4, 0.5) is 0 Å². The molecule has 0 saturated carbocycles. The molecule has 2 rings (SSSR count). The molecule has 1 N–H and O–H groups in total. The molecule has 0 saturated heterocycles. The second-order valence-corrected chi connectivity index (χ2v) is 4.18. The summed E-state index contributed by atoms with van der Waals surface area (Å²) < 4.78 is 5.69. The van der Waals surface area contributed by atoms with E-state index < -0.39 is 0 Å². The van der Waals surface area contributed by atoms with Gasteiger partial charge in [-0.3, -0.25) is 0 Å². The fraction of sp³-hybridized carbons (Fsp3) is 0.357. The predicted molar refractivity (Wildman–Crippen MR) is 68.1 cm³/mol. The zero-order valence-electron chi connectivity index (χ0n) is 10.4. The number of oxazole rings is 1. The van der Waals surface area contributed by atoms with Crippen molar-refractivity contribution in [3.8, 4) is 0 Å². The van der Waals surface area contributed by atoms with Crippen LogP contribution in [0.25, 0.3) is 0 Å². The highest BCUT2D eigenvalue weighted by molar-refractivity contribution is 5.27. The average molecular weight is 230 g/mol. The lowest BCUT2D eigenvalue weighted by Crippen LogP contribution is -2.09. The molecule has 0 aliphatic rings. The highest BCUT2D eigenvalue weighted by Gasteiger charge is 2.06. The molecule has 3 nitrogen and oxygen atoms in total. The molecule has 17 heavy (non-hydrogen) atoms. The van der Waals surface area contributed by atoms with Gasteiger partial charge in [0.05, 0.1) is 6.20 Å². The Hall–Kier alpha value is -1.61. The topological polar surface area (TPSA) is 38.1 Å². The summed E-state index contributed by atoms with van der Waals surface area (Å²) >= 11 is 0. The minimum Gasteiger partial charge on any atom is -0.445 e. The Morgan fingerprint density at radius 1 is 1.29 bits per heavy atom. The van der Waals surface area contributed by atoms with E-state index in [1.165, 1.54) is 11.1 Å². The van der Waals surface area contributed by atoms with Crippen molar-refractivity contribution in [2.24, 2.45) is 0 Å². The smallest absolute Gasteiger partial charge is 0.198 e. The van der Waals surface area contributed by atoms with Gasteiger partial charge in [0.2, 0.25) is 0 Å². The Bertz CT molecular complexity index is 477. The van der Waals surface area contributed by atoms with Gasteiger partial charge in [0, 0.05) is 19.4 Å². The van der Waals surface area contributed by atoms with E-state index in [1.54, 1.807) is 0 Å². The molecular formula is C14H18N2O. The average Bonchev–Trinajstić information content (AvgIpc) is 2.77. The van der Waals surface area contributed by atoms with E-state index in [1.807, 2.05) is 25.4 Å². The highest BCUT2D eigenvalue weighted by atomic mass is 16.4. The summed E-state index contributed by atoms with van der Waals surface area (Å²) in [4.78, 5) is 4.31. The maximum absolute atomic E-state index is 5.69. The summed E-state index contributed by atoms with van der Waals surface area (Å²) in [6, 6.07) is 8.33. The van der Waals surface area contributed by atoms with Crippen LogP contribution in [0.3, 0.4) is 0 Å². The molecule has 0 aliphatic carbocycles. The van der Waals surface area contributed by atoms with Gasteiger partial charge in [-0.15, -0.1) is 0 Å². The van der Waals surface area contributed by atoms with Crippen molar-refractivity contribution in [1.82, 2.24) is 10.3 Å². The molecule has 0 radical (unpaired) electrons. The van der Waals surface area contributed by atoms with Crippen molar-refractivity contribution >= 4 is 0 Å². The number of likely N-dealkylation sites (N-methyl/N-ethyl adjacent to an activating group) is 1. The van der Waals surface area contributed by atoms with E-state index in [4.69, 9.17) is 4.42 Å². The number of hydrogen-bond donors (Lipinski definition) is 1. The second kappa shape index (κ2) is 5.64. The van der Waals surface area contributed by atoms with E-state index in [2.05, 4.69) is 29.4 Å². The summed E-state index contributed by atoms with van der Waals surface area (Å²) in [6.45, 7) is 3.03. The highest BCUT2D eigenvalue weighted by Crippen LogP contribution is 2.13. The molecule has 0 spiro atoms.